The number of hydrogen-bond acceptors (Lipinski definition) is 8. The third-order valence-electron chi connectivity index (χ3n) is 9.40. The molecule has 0 amide bonds. The maximum Gasteiger partial charge on any atom is 0.109 e. The van der Waals surface area contributed by atoms with Gasteiger partial charge in [-0.05, 0) is 108 Å². The minimum absolute atomic E-state index is 1.12. The van der Waals surface area contributed by atoms with Gasteiger partial charge in [-0.3, -0.25) is 0 Å². The molecule has 0 radical (unpaired) electrons. The highest BCUT2D eigenvalue weighted by molar-refractivity contribution is 7.28. The van der Waals surface area contributed by atoms with Crippen molar-refractivity contribution in [1.29, 1.82) is 0 Å². The summed E-state index contributed by atoms with van der Waals surface area (Å²) in [6.45, 7) is 0. The maximum absolute atomic E-state index is 2.44. The first-order valence-corrected chi connectivity index (χ1v) is 23.2. The number of benzene rings is 4. The Kier molecular flexibility index (Phi) is 9.83. The molecule has 4 aromatic carbocycles. The van der Waals surface area contributed by atoms with Gasteiger partial charge >= 0.3 is 0 Å². The van der Waals surface area contributed by atoms with Crippen molar-refractivity contribution in [1.82, 2.24) is 0 Å². The lowest BCUT2D eigenvalue weighted by Gasteiger charge is -2.27. The van der Waals surface area contributed by atoms with Crippen LogP contribution >= 0.6 is 68.0 Å². The molecule has 2 nitrogen and oxygen atoms in total. The lowest BCUT2D eigenvalue weighted by Crippen LogP contribution is -2.11. The number of thiophene rings is 6. The van der Waals surface area contributed by atoms with Gasteiger partial charge in [0.25, 0.3) is 0 Å². The van der Waals surface area contributed by atoms with Gasteiger partial charge in [-0.25, -0.2) is 0 Å². The van der Waals surface area contributed by atoms with Crippen molar-refractivity contribution in [2.45, 2.75) is 0 Å². The number of nitrogens with zero attached hydrogens (tertiary/aromatic N) is 2. The summed E-state index contributed by atoms with van der Waals surface area (Å²) in [4.78, 5) is 15.1. The van der Waals surface area contributed by atoms with Crippen molar-refractivity contribution in [3.63, 3.8) is 0 Å². The summed E-state index contributed by atoms with van der Waals surface area (Å²) in [6, 6.07) is 65.9. The summed E-state index contributed by atoms with van der Waals surface area (Å²) in [5.41, 5.74) is 6.90. The Labute approximate surface area is 350 Å². The highest BCUT2D eigenvalue weighted by Crippen LogP contribution is 2.56. The van der Waals surface area contributed by atoms with Gasteiger partial charge in [0.2, 0.25) is 0 Å². The van der Waals surface area contributed by atoms with E-state index in [2.05, 4.69) is 203 Å². The zero-order valence-electron chi connectivity index (χ0n) is 29.8. The fourth-order valence-corrected chi connectivity index (χ4v) is 13.1. The average molecular weight is 829 g/mol. The van der Waals surface area contributed by atoms with Crippen LogP contribution in [0.25, 0.3) is 50.1 Å². The van der Waals surface area contributed by atoms with Gasteiger partial charge < -0.3 is 9.80 Å². The van der Waals surface area contributed by atoms with Crippen molar-refractivity contribution in [3.8, 4) is 50.1 Å². The number of para-hydroxylation sites is 4. The quantitative estimate of drug-likeness (QED) is 0.128. The van der Waals surface area contributed by atoms with Crippen LogP contribution in [0, 0.1) is 0 Å². The van der Waals surface area contributed by atoms with E-state index in [1.165, 1.54) is 60.1 Å². The molecule has 0 saturated heterocycles. The first-order valence-electron chi connectivity index (χ1n) is 18.1. The zero-order valence-corrected chi connectivity index (χ0v) is 34.7. The molecular formula is C48H32N2S6. The Morgan fingerprint density at radius 3 is 0.893 bits per heavy atom. The minimum Gasteiger partial charge on any atom is -0.301 e. The number of rotatable bonds is 11. The monoisotopic (exact) mass is 828 g/mol. The molecule has 0 N–H and O–H groups in total. The van der Waals surface area contributed by atoms with Crippen molar-refractivity contribution in [2.24, 2.45) is 0 Å². The van der Waals surface area contributed by atoms with E-state index in [0.29, 0.717) is 0 Å². The maximum atomic E-state index is 2.44. The molecule has 8 heteroatoms. The molecular weight excluding hydrogens is 797 g/mol. The van der Waals surface area contributed by atoms with E-state index in [9.17, 15) is 0 Å². The largest absolute Gasteiger partial charge is 0.301 e. The molecule has 0 aliphatic rings. The Morgan fingerprint density at radius 1 is 0.268 bits per heavy atom. The smallest absolute Gasteiger partial charge is 0.109 e. The molecule has 0 atom stereocenters. The first kappa shape index (κ1) is 35.1. The molecule has 6 aromatic heterocycles. The summed E-state index contributed by atoms with van der Waals surface area (Å²) in [7, 11) is 0. The van der Waals surface area contributed by atoms with Crippen LogP contribution in [0.4, 0.5) is 32.8 Å². The van der Waals surface area contributed by atoms with Gasteiger partial charge in [0, 0.05) is 72.9 Å². The third-order valence-corrected chi connectivity index (χ3v) is 16.3. The van der Waals surface area contributed by atoms with Gasteiger partial charge in [0.05, 0.1) is 0 Å². The van der Waals surface area contributed by atoms with Crippen molar-refractivity contribution >= 4 is 101 Å². The van der Waals surface area contributed by atoms with E-state index >= 15 is 0 Å². The van der Waals surface area contributed by atoms with Crippen molar-refractivity contribution in [2.75, 3.05) is 9.80 Å². The van der Waals surface area contributed by atoms with E-state index in [1.54, 1.807) is 22.7 Å². The van der Waals surface area contributed by atoms with Gasteiger partial charge in [-0.2, -0.15) is 0 Å². The average Bonchev–Trinajstić information content (AvgIpc) is 4.11. The summed E-state index contributed by atoms with van der Waals surface area (Å²) in [5.74, 6) is 0. The van der Waals surface area contributed by atoms with E-state index in [-0.39, 0.29) is 0 Å². The van der Waals surface area contributed by atoms with Crippen molar-refractivity contribution in [3.05, 3.63) is 193 Å². The highest BCUT2D eigenvalue weighted by Gasteiger charge is 2.28. The molecule has 0 bridgehead atoms. The SMILES string of the molecule is c1ccc(N(c2ccccc2)c2sc(-c3ccc(-c4cccs4)s3)cc2-c2cc(-c3ccc(-c4cccs4)s3)sc2N(c2ccccc2)c2ccccc2)cc1. The standard InChI is InChI=1S/C48H32N2S6/c1-5-15-33(16-6-1)49(34-17-7-2-8-18-34)47-37(31-45(55-47)43-27-25-41(53-43)39-23-13-29-51-39)38-32-46(44-28-26-42(54-44)40-24-14-30-52-40)56-48(38)50(35-19-9-3-10-20-35)36-21-11-4-12-22-36/h1-32H. The minimum atomic E-state index is 1.12. The molecule has 0 saturated carbocycles. The summed E-state index contributed by atoms with van der Waals surface area (Å²) in [6.07, 6.45) is 0. The first-order chi connectivity index (χ1) is 27.8. The summed E-state index contributed by atoms with van der Waals surface area (Å²) < 4.78 is 0. The van der Waals surface area contributed by atoms with Gasteiger partial charge in [0.1, 0.15) is 10.0 Å². The van der Waals surface area contributed by atoms with Crippen LogP contribution < -0.4 is 9.80 Å². The Balaban J connectivity index is 1.24. The predicted octanol–water partition coefficient (Wildman–Crippen LogP) is 17.3. The molecule has 0 aliphatic heterocycles. The predicted molar refractivity (Wildman–Crippen MR) is 250 cm³/mol. The van der Waals surface area contributed by atoms with Crippen LogP contribution in [0.3, 0.4) is 0 Å². The van der Waals surface area contributed by atoms with Gasteiger partial charge in [-0.1, -0.05) is 84.9 Å². The van der Waals surface area contributed by atoms with Crippen LogP contribution in [0.15, 0.2) is 193 Å². The van der Waals surface area contributed by atoms with Gasteiger partial charge in [0.15, 0.2) is 0 Å². The Morgan fingerprint density at radius 2 is 0.589 bits per heavy atom. The number of anilines is 6. The van der Waals surface area contributed by atoms with Crippen LogP contribution in [0.2, 0.25) is 0 Å². The molecule has 270 valence electrons. The Bertz CT molecular complexity index is 2520. The van der Waals surface area contributed by atoms with E-state index in [4.69, 9.17) is 0 Å². The molecule has 10 aromatic rings. The second-order valence-electron chi connectivity index (χ2n) is 13.0. The zero-order chi connectivity index (χ0) is 37.3. The highest BCUT2D eigenvalue weighted by atomic mass is 32.1. The van der Waals surface area contributed by atoms with Crippen LogP contribution in [-0.2, 0) is 0 Å². The molecule has 10 rings (SSSR count). The fraction of sp³-hybridized carbons (Fsp3) is 0. The molecule has 0 unspecified atom stereocenters. The summed E-state index contributed by atoms with van der Waals surface area (Å²) >= 11 is 11.1. The molecule has 0 fully saturated rings. The van der Waals surface area contributed by atoms with Crippen LogP contribution in [0.1, 0.15) is 0 Å². The topological polar surface area (TPSA) is 6.48 Å². The summed E-state index contributed by atoms with van der Waals surface area (Å²) in [5, 5.41) is 6.68. The fourth-order valence-electron chi connectivity index (χ4n) is 6.84. The lowest BCUT2D eigenvalue weighted by atomic mass is 10.1. The van der Waals surface area contributed by atoms with Crippen LogP contribution in [0.5, 0.6) is 0 Å². The molecule has 6 heterocycles. The number of hydrogen-bond donors (Lipinski definition) is 0. The van der Waals surface area contributed by atoms with E-state index in [1.807, 2.05) is 45.3 Å². The van der Waals surface area contributed by atoms with E-state index in [0.717, 1.165) is 22.7 Å². The lowest BCUT2D eigenvalue weighted by molar-refractivity contribution is 1.30. The molecule has 56 heavy (non-hydrogen) atoms. The third kappa shape index (κ3) is 6.90. The molecule has 0 aliphatic carbocycles. The normalized spacial score (nSPS) is 11.2. The van der Waals surface area contributed by atoms with Crippen molar-refractivity contribution < 1.29 is 0 Å². The second kappa shape index (κ2) is 15.7. The second-order valence-corrected chi connectivity index (χ2v) is 19.1. The van der Waals surface area contributed by atoms with Crippen LogP contribution in [-0.4, -0.2) is 0 Å². The van der Waals surface area contributed by atoms with Gasteiger partial charge in [-0.15, -0.1) is 68.0 Å². The van der Waals surface area contributed by atoms with E-state index < -0.39 is 0 Å². The molecule has 0 spiro atoms. The Hall–Kier alpha value is -5.32.